The van der Waals surface area contributed by atoms with Crippen LogP contribution in [0.5, 0.6) is 0 Å². The highest BCUT2D eigenvalue weighted by molar-refractivity contribution is 4.85. The van der Waals surface area contributed by atoms with E-state index in [0.717, 1.165) is 18.0 Å². The maximum absolute atomic E-state index is 5.93. The van der Waals surface area contributed by atoms with E-state index in [-0.39, 0.29) is 0 Å². The van der Waals surface area contributed by atoms with E-state index in [4.69, 9.17) is 5.73 Å². The van der Waals surface area contributed by atoms with Crippen molar-refractivity contribution in [2.75, 3.05) is 0 Å². The zero-order valence-electron chi connectivity index (χ0n) is 10.0. The molecular formula is C13H26N2. The van der Waals surface area contributed by atoms with Gasteiger partial charge in [-0.1, -0.05) is 19.8 Å². The smallest absolute Gasteiger partial charge is 0.00952 e. The van der Waals surface area contributed by atoms with E-state index in [1.807, 2.05) is 0 Å². The van der Waals surface area contributed by atoms with Gasteiger partial charge in [0.15, 0.2) is 0 Å². The lowest BCUT2D eigenvalue weighted by Crippen LogP contribution is -2.46. The second-order valence-corrected chi connectivity index (χ2v) is 5.65. The molecule has 2 unspecified atom stereocenters. The van der Waals surface area contributed by atoms with Crippen molar-refractivity contribution < 1.29 is 0 Å². The lowest BCUT2D eigenvalue weighted by Gasteiger charge is -2.35. The van der Waals surface area contributed by atoms with Crippen LogP contribution in [0.2, 0.25) is 0 Å². The van der Waals surface area contributed by atoms with E-state index in [9.17, 15) is 0 Å². The molecule has 0 heterocycles. The number of hydrogen-bond donors (Lipinski definition) is 2. The molecule has 0 amide bonds. The zero-order valence-corrected chi connectivity index (χ0v) is 10.0. The summed E-state index contributed by atoms with van der Waals surface area (Å²) in [5, 5.41) is 3.87. The first-order valence-corrected chi connectivity index (χ1v) is 6.77. The van der Waals surface area contributed by atoms with Crippen molar-refractivity contribution in [2.45, 2.75) is 76.4 Å². The van der Waals surface area contributed by atoms with Gasteiger partial charge in [0, 0.05) is 18.1 Å². The third-order valence-corrected chi connectivity index (χ3v) is 4.33. The maximum atomic E-state index is 5.93. The Morgan fingerprint density at radius 1 is 0.933 bits per heavy atom. The summed E-state index contributed by atoms with van der Waals surface area (Å²) in [4.78, 5) is 0. The minimum Gasteiger partial charge on any atom is -0.328 e. The van der Waals surface area contributed by atoms with E-state index in [1.54, 1.807) is 0 Å². The first-order chi connectivity index (χ1) is 7.25. The topological polar surface area (TPSA) is 38.0 Å². The Morgan fingerprint density at radius 2 is 1.60 bits per heavy atom. The van der Waals surface area contributed by atoms with Crippen LogP contribution in [-0.4, -0.2) is 18.1 Å². The molecular weight excluding hydrogens is 184 g/mol. The summed E-state index contributed by atoms with van der Waals surface area (Å²) in [6.07, 6.45) is 10.7. The van der Waals surface area contributed by atoms with Crippen molar-refractivity contribution >= 4 is 0 Å². The molecule has 2 rings (SSSR count). The molecule has 0 aromatic rings. The van der Waals surface area contributed by atoms with Gasteiger partial charge in [0.25, 0.3) is 0 Å². The van der Waals surface area contributed by atoms with Gasteiger partial charge < -0.3 is 11.1 Å². The highest BCUT2D eigenvalue weighted by Crippen LogP contribution is 2.26. The van der Waals surface area contributed by atoms with Gasteiger partial charge in [-0.2, -0.15) is 0 Å². The molecule has 3 N–H and O–H groups in total. The van der Waals surface area contributed by atoms with Gasteiger partial charge in [-0.3, -0.25) is 0 Å². The minimum absolute atomic E-state index is 0.479. The van der Waals surface area contributed by atoms with Crippen LogP contribution in [0.4, 0.5) is 0 Å². The summed E-state index contributed by atoms with van der Waals surface area (Å²) in [7, 11) is 0. The second-order valence-electron chi connectivity index (χ2n) is 5.65. The van der Waals surface area contributed by atoms with Crippen LogP contribution in [0.15, 0.2) is 0 Å². The third-order valence-electron chi connectivity index (χ3n) is 4.33. The molecule has 0 radical (unpaired) electrons. The molecule has 0 bridgehead atoms. The predicted molar refractivity (Wildman–Crippen MR) is 64.8 cm³/mol. The summed E-state index contributed by atoms with van der Waals surface area (Å²) >= 11 is 0. The van der Waals surface area contributed by atoms with Crippen LogP contribution < -0.4 is 11.1 Å². The van der Waals surface area contributed by atoms with Gasteiger partial charge in [0.2, 0.25) is 0 Å². The van der Waals surface area contributed by atoms with Gasteiger partial charge in [-0.25, -0.2) is 0 Å². The Labute approximate surface area is 94.0 Å². The highest BCUT2D eigenvalue weighted by atomic mass is 15.0. The summed E-state index contributed by atoms with van der Waals surface area (Å²) < 4.78 is 0. The van der Waals surface area contributed by atoms with Crippen molar-refractivity contribution in [1.82, 2.24) is 5.32 Å². The van der Waals surface area contributed by atoms with E-state index in [1.165, 1.54) is 51.4 Å². The quantitative estimate of drug-likeness (QED) is 0.734. The molecule has 2 atom stereocenters. The minimum atomic E-state index is 0.479. The first-order valence-electron chi connectivity index (χ1n) is 6.77. The molecule has 0 aliphatic heterocycles. The normalized spacial score (nSPS) is 42.8. The number of nitrogens with two attached hydrogens (primary N) is 1. The van der Waals surface area contributed by atoms with Gasteiger partial charge in [0.1, 0.15) is 0 Å². The Balaban J connectivity index is 1.75. The highest BCUT2D eigenvalue weighted by Gasteiger charge is 2.25. The lowest BCUT2D eigenvalue weighted by molar-refractivity contribution is 0.229. The Morgan fingerprint density at radius 3 is 2.27 bits per heavy atom. The van der Waals surface area contributed by atoms with Gasteiger partial charge >= 0.3 is 0 Å². The van der Waals surface area contributed by atoms with Crippen LogP contribution in [0.25, 0.3) is 0 Å². The fourth-order valence-corrected chi connectivity index (χ4v) is 3.15. The van der Waals surface area contributed by atoms with Crippen molar-refractivity contribution in [3.63, 3.8) is 0 Å². The van der Waals surface area contributed by atoms with Crippen LogP contribution in [0, 0.1) is 5.92 Å². The SMILES string of the molecule is CC1CCCCC1NC1CCC(N)CC1. The molecule has 2 aliphatic carbocycles. The van der Waals surface area contributed by atoms with Crippen LogP contribution in [0.1, 0.15) is 58.3 Å². The van der Waals surface area contributed by atoms with Crippen molar-refractivity contribution in [1.29, 1.82) is 0 Å². The van der Waals surface area contributed by atoms with Gasteiger partial charge in [-0.15, -0.1) is 0 Å². The fourth-order valence-electron chi connectivity index (χ4n) is 3.15. The van der Waals surface area contributed by atoms with E-state index in [0.29, 0.717) is 6.04 Å². The van der Waals surface area contributed by atoms with Crippen LogP contribution in [0.3, 0.4) is 0 Å². The lowest BCUT2D eigenvalue weighted by atomic mass is 9.84. The molecule has 88 valence electrons. The molecule has 0 spiro atoms. The molecule has 2 heteroatoms. The number of hydrogen-bond acceptors (Lipinski definition) is 2. The molecule has 15 heavy (non-hydrogen) atoms. The fraction of sp³-hybridized carbons (Fsp3) is 1.00. The van der Waals surface area contributed by atoms with Crippen LogP contribution >= 0.6 is 0 Å². The Hall–Kier alpha value is -0.0800. The first kappa shape index (κ1) is 11.4. The summed E-state index contributed by atoms with van der Waals surface area (Å²) in [5.41, 5.74) is 5.93. The van der Waals surface area contributed by atoms with Crippen molar-refractivity contribution in [2.24, 2.45) is 11.7 Å². The summed E-state index contributed by atoms with van der Waals surface area (Å²) in [6.45, 7) is 2.41. The van der Waals surface area contributed by atoms with E-state index >= 15 is 0 Å². The number of nitrogens with one attached hydrogen (secondary N) is 1. The van der Waals surface area contributed by atoms with E-state index < -0.39 is 0 Å². The molecule has 2 fully saturated rings. The van der Waals surface area contributed by atoms with Crippen molar-refractivity contribution in [3.8, 4) is 0 Å². The molecule has 2 aliphatic rings. The Kier molecular flexibility index (Phi) is 4.04. The third kappa shape index (κ3) is 3.18. The molecule has 0 saturated heterocycles. The molecule has 0 aromatic heterocycles. The average Bonchev–Trinajstić information content (AvgIpc) is 2.25. The van der Waals surface area contributed by atoms with Crippen molar-refractivity contribution in [3.05, 3.63) is 0 Å². The largest absolute Gasteiger partial charge is 0.328 e. The second kappa shape index (κ2) is 5.31. The summed E-state index contributed by atoms with van der Waals surface area (Å²) in [5.74, 6) is 0.884. The van der Waals surface area contributed by atoms with E-state index in [2.05, 4.69) is 12.2 Å². The maximum Gasteiger partial charge on any atom is 0.00952 e. The van der Waals surface area contributed by atoms with Gasteiger partial charge in [-0.05, 0) is 44.4 Å². The summed E-state index contributed by atoms with van der Waals surface area (Å²) in [6, 6.07) is 2.03. The molecule has 2 nitrogen and oxygen atoms in total. The van der Waals surface area contributed by atoms with Gasteiger partial charge in [0.05, 0.1) is 0 Å². The predicted octanol–water partition coefficient (Wildman–Crippen LogP) is 2.42. The monoisotopic (exact) mass is 210 g/mol. The standard InChI is InChI=1S/C13H26N2/c1-10-4-2-3-5-13(10)15-12-8-6-11(14)7-9-12/h10-13,15H,2-9,14H2,1H3. The molecule has 2 saturated carbocycles. The molecule has 0 aromatic carbocycles. The number of rotatable bonds is 2. The Bertz CT molecular complexity index is 185. The average molecular weight is 210 g/mol. The van der Waals surface area contributed by atoms with Crippen LogP contribution in [-0.2, 0) is 0 Å². The zero-order chi connectivity index (χ0) is 10.7.